The molecule has 1 amide bonds. The number of nitrogens with one attached hydrogen (secondary N) is 1. The lowest BCUT2D eigenvalue weighted by molar-refractivity contribution is 0.0698. The van der Waals surface area contributed by atoms with Gasteiger partial charge in [-0.25, -0.2) is 0 Å². The van der Waals surface area contributed by atoms with Crippen LogP contribution in [0.5, 0.6) is 0 Å². The Bertz CT molecular complexity index is 834. The van der Waals surface area contributed by atoms with Crippen molar-refractivity contribution in [3.8, 4) is 11.3 Å². The Balaban J connectivity index is 1.50. The Morgan fingerprint density at radius 1 is 1.32 bits per heavy atom. The Kier molecular flexibility index (Phi) is 5.27. The predicted molar refractivity (Wildman–Crippen MR) is 109 cm³/mol. The summed E-state index contributed by atoms with van der Waals surface area (Å²) >= 11 is 0. The summed E-state index contributed by atoms with van der Waals surface area (Å²) in [5.74, 6) is 1.46. The lowest BCUT2D eigenvalue weighted by Gasteiger charge is -2.34. The molecule has 0 bridgehead atoms. The van der Waals surface area contributed by atoms with Gasteiger partial charge in [-0.1, -0.05) is 13.8 Å². The van der Waals surface area contributed by atoms with Gasteiger partial charge in [-0.3, -0.25) is 19.5 Å². The third-order valence-corrected chi connectivity index (χ3v) is 6.32. The van der Waals surface area contributed by atoms with Gasteiger partial charge in [0.2, 0.25) is 0 Å². The van der Waals surface area contributed by atoms with Crippen LogP contribution < -0.4 is 0 Å². The van der Waals surface area contributed by atoms with Crippen molar-refractivity contribution in [3.05, 3.63) is 23.7 Å². The van der Waals surface area contributed by atoms with Crippen LogP contribution in [0, 0.1) is 18.8 Å². The molecule has 3 heterocycles. The fourth-order valence-corrected chi connectivity index (χ4v) is 4.23. The standard InChI is InChI=1S/C21H32N6O/c1-14(2)20-13-27(9-5-8-26(20)12-16-6-7-16)21(28)19-10-18(23-24-19)17-11-22-25(4)15(17)3/h10-11,14,16,20H,5-9,12-13H2,1-4H3,(H,23,24). The van der Waals surface area contributed by atoms with Crippen molar-refractivity contribution in [2.45, 2.75) is 46.1 Å². The molecule has 1 aliphatic heterocycles. The number of hydrogen-bond donors (Lipinski definition) is 1. The Hall–Kier alpha value is -2.15. The van der Waals surface area contributed by atoms with E-state index in [1.165, 1.54) is 19.4 Å². The molecule has 2 aromatic heterocycles. The molecule has 1 N–H and O–H groups in total. The quantitative estimate of drug-likeness (QED) is 0.860. The van der Waals surface area contributed by atoms with Gasteiger partial charge >= 0.3 is 0 Å². The molecule has 7 nitrogen and oxygen atoms in total. The van der Waals surface area contributed by atoms with Gasteiger partial charge in [-0.2, -0.15) is 10.2 Å². The van der Waals surface area contributed by atoms with E-state index in [-0.39, 0.29) is 5.91 Å². The Morgan fingerprint density at radius 3 is 2.75 bits per heavy atom. The van der Waals surface area contributed by atoms with E-state index in [2.05, 4.69) is 34.0 Å². The van der Waals surface area contributed by atoms with Crippen LogP contribution in [0.3, 0.4) is 0 Å². The lowest BCUT2D eigenvalue weighted by atomic mass is 10.0. The van der Waals surface area contributed by atoms with E-state index in [1.807, 2.05) is 29.6 Å². The molecule has 0 radical (unpaired) electrons. The molecule has 1 aliphatic carbocycles. The van der Waals surface area contributed by atoms with Crippen LogP contribution in [0.1, 0.15) is 49.3 Å². The first-order valence-electron chi connectivity index (χ1n) is 10.5. The zero-order valence-electron chi connectivity index (χ0n) is 17.5. The highest BCUT2D eigenvalue weighted by molar-refractivity contribution is 5.93. The molecule has 1 unspecified atom stereocenters. The van der Waals surface area contributed by atoms with Crippen LogP contribution in [0.15, 0.2) is 12.3 Å². The summed E-state index contributed by atoms with van der Waals surface area (Å²) in [4.78, 5) is 17.9. The van der Waals surface area contributed by atoms with E-state index in [4.69, 9.17) is 0 Å². The number of amides is 1. The van der Waals surface area contributed by atoms with Crippen molar-refractivity contribution in [3.63, 3.8) is 0 Å². The molecule has 0 spiro atoms. The van der Waals surface area contributed by atoms with Gasteiger partial charge in [0.15, 0.2) is 0 Å². The average Bonchev–Trinajstić information content (AvgIpc) is 3.31. The fourth-order valence-electron chi connectivity index (χ4n) is 4.23. The van der Waals surface area contributed by atoms with E-state index in [0.717, 1.165) is 48.9 Å². The monoisotopic (exact) mass is 384 g/mol. The summed E-state index contributed by atoms with van der Waals surface area (Å²) in [5.41, 5.74) is 3.34. The van der Waals surface area contributed by atoms with Gasteiger partial charge in [-0.05, 0) is 44.1 Å². The number of rotatable bonds is 5. The van der Waals surface area contributed by atoms with Gasteiger partial charge in [0, 0.05) is 50.5 Å². The van der Waals surface area contributed by atoms with Gasteiger partial charge in [0.1, 0.15) is 5.69 Å². The maximum atomic E-state index is 13.2. The summed E-state index contributed by atoms with van der Waals surface area (Å²) < 4.78 is 1.82. The van der Waals surface area contributed by atoms with Gasteiger partial charge in [0.05, 0.1) is 11.9 Å². The van der Waals surface area contributed by atoms with Crippen LogP contribution >= 0.6 is 0 Å². The smallest absolute Gasteiger partial charge is 0.271 e. The van der Waals surface area contributed by atoms with E-state index in [0.29, 0.717) is 17.7 Å². The Labute approximate surface area is 167 Å². The number of aromatic amines is 1. The molecule has 1 atom stereocenters. The van der Waals surface area contributed by atoms with Crippen molar-refractivity contribution >= 4 is 5.91 Å². The first-order valence-corrected chi connectivity index (χ1v) is 10.5. The van der Waals surface area contributed by atoms with Crippen molar-refractivity contribution in [2.24, 2.45) is 18.9 Å². The van der Waals surface area contributed by atoms with E-state index >= 15 is 0 Å². The second-order valence-corrected chi connectivity index (χ2v) is 8.79. The summed E-state index contributed by atoms with van der Waals surface area (Å²) in [6.45, 7) is 10.4. The molecule has 152 valence electrons. The number of aryl methyl sites for hydroxylation is 1. The van der Waals surface area contributed by atoms with Gasteiger partial charge in [-0.15, -0.1) is 0 Å². The topological polar surface area (TPSA) is 70.1 Å². The number of carbonyl (C=O) groups is 1. The maximum absolute atomic E-state index is 13.2. The normalized spacial score (nSPS) is 21.3. The minimum atomic E-state index is 0.0548. The van der Waals surface area contributed by atoms with Crippen LogP contribution in [0.25, 0.3) is 11.3 Å². The van der Waals surface area contributed by atoms with Crippen LogP contribution in [0.4, 0.5) is 0 Å². The molecular formula is C21H32N6O. The summed E-state index contributed by atoms with van der Waals surface area (Å²) in [7, 11) is 1.91. The molecule has 7 heteroatoms. The third kappa shape index (κ3) is 3.85. The second-order valence-electron chi connectivity index (χ2n) is 8.79. The van der Waals surface area contributed by atoms with Crippen LogP contribution in [-0.2, 0) is 7.05 Å². The molecule has 0 aromatic carbocycles. The molecule has 2 aromatic rings. The SMILES string of the molecule is Cc1c(-c2cc(C(=O)N3CCCN(CC4CC4)C(C(C)C)C3)[nH]n2)cnn1C. The Morgan fingerprint density at radius 2 is 2.11 bits per heavy atom. The molecular weight excluding hydrogens is 352 g/mol. The highest BCUT2D eigenvalue weighted by Crippen LogP contribution is 2.32. The summed E-state index contributed by atoms with van der Waals surface area (Å²) in [6.07, 6.45) is 5.57. The number of aromatic nitrogens is 4. The fraction of sp³-hybridized carbons (Fsp3) is 0.667. The van der Waals surface area contributed by atoms with Crippen molar-refractivity contribution in [1.82, 2.24) is 29.8 Å². The molecule has 1 saturated heterocycles. The molecule has 28 heavy (non-hydrogen) atoms. The number of nitrogens with zero attached hydrogens (tertiary/aromatic N) is 5. The number of hydrogen-bond acceptors (Lipinski definition) is 4. The van der Waals surface area contributed by atoms with Crippen molar-refractivity contribution in [1.29, 1.82) is 0 Å². The first-order chi connectivity index (χ1) is 13.4. The largest absolute Gasteiger partial charge is 0.336 e. The van der Waals surface area contributed by atoms with Crippen molar-refractivity contribution in [2.75, 3.05) is 26.2 Å². The van der Waals surface area contributed by atoms with Crippen LogP contribution in [-0.4, -0.2) is 67.9 Å². The summed E-state index contributed by atoms with van der Waals surface area (Å²) in [5, 5.41) is 11.6. The molecule has 4 rings (SSSR count). The second kappa shape index (κ2) is 7.70. The van der Waals surface area contributed by atoms with E-state index in [1.54, 1.807) is 6.20 Å². The zero-order valence-corrected chi connectivity index (χ0v) is 17.5. The molecule has 2 aliphatic rings. The minimum Gasteiger partial charge on any atom is -0.336 e. The highest BCUT2D eigenvalue weighted by Gasteiger charge is 2.33. The van der Waals surface area contributed by atoms with E-state index in [9.17, 15) is 4.79 Å². The predicted octanol–water partition coefficient (Wildman–Crippen LogP) is 2.70. The lowest BCUT2D eigenvalue weighted by Crippen LogP contribution is -2.46. The van der Waals surface area contributed by atoms with E-state index < -0.39 is 0 Å². The zero-order chi connectivity index (χ0) is 19.8. The summed E-state index contributed by atoms with van der Waals surface area (Å²) in [6, 6.07) is 2.29. The highest BCUT2D eigenvalue weighted by atomic mass is 16.2. The van der Waals surface area contributed by atoms with Crippen molar-refractivity contribution < 1.29 is 4.79 Å². The molecule has 2 fully saturated rings. The average molecular weight is 385 g/mol. The minimum absolute atomic E-state index is 0.0548. The maximum Gasteiger partial charge on any atom is 0.271 e. The molecule has 1 saturated carbocycles. The van der Waals surface area contributed by atoms with Crippen LogP contribution in [0.2, 0.25) is 0 Å². The number of carbonyl (C=O) groups excluding carboxylic acids is 1. The number of H-pyrrole nitrogens is 1. The first kappa shape index (κ1) is 19.2. The van der Waals surface area contributed by atoms with Gasteiger partial charge in [0.25, 0.3) is 5.91 Å². The third-order valence-electron chi connectivity index (χ3n) is 6.32. The van der Waals surface area contributed by atoms with Gasteiger partial charge < -0.3 is 4.90 Å².